The van der Waals surface area contributed by atoms with Gasteiger partial charge >= 0.3 is 0 Å². The van der Waals surface area contributed by atoms with E-state index >= 15 is 0 Å². The van der Waals surface area contributed by atoms with E-state index in [9.17, 15) is 4.79 Å². The number of halogens is 3. The minimum atomic E-state index is -0.211. The fraction of sp³-hybridized carbons (Fsp3) is 0.0667. The summed E-state index contributed by atoms with van der Waals surface area (Å²) >= 11 is 15.3. The fourth-order valence-corrected chi connectivity index (χ4v) is 2.39. The molecule has 0 aliphatic heterocycles. The molecule has 0 atom stereocenters. The summed E-state index contributed by atoms with van der Waals surface area (Å²) in [6, 6.07) is 12.7. The summed E-state index contributed by atoms with van der Waals surface area (Å²) in [5.41, 5.74) is 3.93. The van der Waals surface area contributed by atoms with Crippen LogP contribution in [0.25, 0.3) is 0 Å². The van der Waals surface area contributed by atoms with Crippen molar-refractivity contribution in [2.75, 3.05) is 0 Å². The largest absolute Gasteiger partial charge is 0.273 e. The van der Waals surface area contributed by atoms with E-state index in [4.69, 9.17) is 23.2 Å². The number of nitrogens with one attached hydrogen (secondary N) is 1. The first-order valence-corrected chi connectivity index (χ1v) is 7.61. The molecular formula is C15H11BrCl2N2O. The Kier molecular flexibility index (Phi) is 5.79. The summed E-state index contributed by atoms with van der Waals surface area (Å²) < 4.78 is 0.970. The van der Waals surface area contributed by atoms with Gasteiger partial charge in [-0.1, -0.05) is 57.3 Å². The first-order chi connectivity index (χ1) is 10.1. The van der Waals surface area contributed by atoms with Crippen LogP contribution in [0.4, 0.5) is 0 Å². The predicted octanol–water partition coefficient (Wildman–Crippen LogP) is 4.45. The minimum Gasteiger partial charge on any atom is -0.273 e. The Balaban J connectivity index is 1.95. The summed E-state index contributed by atoms with van der Waals surface area (Å²) in [6.45, 7) is 0. The Morgan fingerprint density at radius 1 is 1.14 bits per heavy atom. The van der Waals surface area contributed by atoms with E-state index in [1.807, 2.05) is 24.3 Å². The molecule has 108 valence electrons. The highest BCUT2D eigenvalue weighted by Gasteiger charge is 2.04. The number of hydrazone groups is 1. The van der Waals surface area contributed by atoms with Crippen molar-refractivity contribution < 1.29 is 4.79 Å². The first-order valence-electron chi connectivity index (χ1n) is 6.06. The monoisotopic (exact) mass is 384 g/mol. The predicted molar refractivity (Wildman–Crippen MR) is 90.0 cm³/mol. The van der Waals surface area contributed by atoms with Gasteiger partial charge in [0.05, 0.1) is 22.7 Å². The van der Waals surface area contributed by atoms with Crippen molar-refractivity contribution >= 4 is 51.3 Å². The second kappa shape index (κ2) is 7.59. The van der Waals surface area contributed by atoms with Gasteiger partial charge < -0.3 is 0 Å². The summed E-state index contributed by atoms with van der Waals surface area (Å²) in [4.78, 5) is 11.8. The van der Waals surface area contributed by atoms with Crippen LogP contribution in [0.1, 0.15) is 11.1 Å². The van der Waals surface area contributed by atoms with Gasteiger partial charge in [-0.15, -0.1) is 0 Å². The number of nitrogens with zero attached hydrogens (tertiary/aromatic N) is 1. The molecule has 0 bridgehead atoms. The van der Waals surface area contributed by atoms with Gasteiger partial charge in [0.2, 0.25) is 5.91 Å². The Hall–Kier alpha value is -1.36. The molecule has 2 rings (SSSR count). The smallest absolute Gasteiger partial charge is 0.244 e. The van der Waals surface area contributed by atoms with Gasteiger partial charge in [0.1, 0.15) is 0 Å². The molecule has 0 saturated heterocycles. The molecule has 3 nitrogen and oxygen atoms in total. The molecule has 6 heteroatoms. The Morgan fingerprint density at radius 3 is 2.38 bits per heavy atom. The normalized spacial score (nSPS) is 10.8. The second-order valence-electron chi connectivity index (χ2n) is 4.23. The lowest BCUT2D eigenvalue weighted by atomic mass is 10.1. The molecule has 21 heavy (non-hydrogen) atoms. The zero-order valence-electron chi connectivity index (χ0n) is 10.8. The van der Waals surface area contributed by atoms with E-state index < -0.39 is 0 Å². The van der Waals surface area contributed by atoms with Crippen LogP contribution in [-0.4, -0.2) is 12.1 Å². The van der Waals surface area contributed by atoms with Crippen molar-refractivity contribution in [1.29, 1.82) is 0 Å². The van der Waals surface area contributed by atoms with Crippen LogP contribution >= 0.6 is 39.1 Å². The number of amides is 1. The molecule has 0 saturated carbocycles. The van der Waals surface area contributed by atoms with Crippen LogP contribution in [0, 0.1) is 0 Å². The molecule has 1 amide bonds. The summed E-state index contributed by atoms with van der Waals surface area (Å²) in [7, 11) is 0. The van der Waals surface area contributed by atoms with Crippen LogP contribution in [0.15, 0.2) is 52.0 Å². The Morgan fingerprint density at radius 2 is 1.76 bits per heavy atom. The molecular weight excluding hydrogens is 375 g/mol. The Labute approximate surface area is 141 Å². The highest BCUT2D eigenvalue weighted by molar-refractivity contribution is 9.10. The van der Waals surface area contributed by atoms with Crippen LogP contribution in [0.2, 0.25) is 10.0 Å². The van der Waals surface area contributed by atoms with Gasteiger partial charge in [-0.3, -0.25) is 4.79 Å². The van der Waals surface area contributed by atoms with Gasteiger partial charge in [-0.05, 0) is 29.8 Å². The summed E-state index contributed by atoms with van der Waals surface area (Å²) in [5.74, 6) is -0.211. The number of hydrogen-bond donors (Lipinski definition) is 1. The molecule has 2 aromatic carbocycles. The van der Waals surface area contributed by atoms with E-state index in [1.165, 1.54) is 6.21 Å². The first kappa shape index (κ1) is 16.0. The van der Waals surface area contributed by atoms with Crippen molar-refractivity contribution in [1.82, 2.24) is 5.43 Å². The van der Waals surface area contributed by atoms with Crippen LogP contribution < -0.4 is 5.43 Å². The lowest BCUT2D eigenvalue weighted by Crippen LogP contribution is -2.19. The van der Waals surface area contributed by atoms with Crippen molar-refractivity contribution in [3.8, 4) is 0 Å². The number of carbonyl (C=O) groups is 1. The molecule has 1 N–H and O–H groups in total. The summed E-state index contributed by atoms with van der Waals surface area (Å²) in [6.07, 6.45) is 1.69. The maximum absolute atomic E-state index is 11.8. The molecule has 0 aliphatic rings. The van der Waals surface area contributed by atoms with Gasteiger partial charge in [0.25, 0.3) is 0 Å². The quantitative estimate of drug-likeness (QED) is 0.613. The molecule has 0 spiro atoms. The molecule has 0 aliphatic carbocycles. The third kappa shape index (κ3) is 4.84. The number of rotatable bonds is 4. The molecule has 0 radical (unpaired) electrons. The van der Waals surface area contributed by atoms with Crippen molar-refractivity contribution in [2.45, 2.75) is 6.42 Å². The zero-order chi connectivity index (χ0) is 15.2. The topological polar surface area (TPSA) is 41.5 Å². The maximum atomic E-state index is 11.8. The molecule has 0 aromatic heterocycles. The Bertz CT molecular complexity index is 652. The van der Waals surface area contributed by atoms with E-state index in [1.54, 1.807) is 18.2 Å². The molecule has 2 aromatic rings. The third-order valence-corrected chi connectivity index (χ3v) is 3.85. The second-order valence-corrected chi connectivity index (χ2v) is 5.96. The van der Waals surface area contributed by atoms with E-state index in [-0.39, 0.29) is 12.3 Å². The van der Waals surface area contributed by atoms with Crippen LogP contribution in [0.5, 0.6) is 0 Å². The molecule has 0 unspecified atom stereocenters. The minimum absolute atomic E-state index is 0.211. The highest BCUT2D eigenvalue weighted by Crippen LogP contribution is 2.21. The van der Waals surface area contributed by atoms with Gasteiger partial charge in [0, 0.05) is 10.0 Å². The SMILES string of the molecule is O=C(Cc1ccc(Br)cc1)N/N=C/c1c(Cl)cccc1Cl. The van der Waals surface area contributed by atoms with E-state index in [0.717, 1.165) is 10.0 Å². The lowest BCUT2D eigenvalue weighted by molar-refractivity contribution is -0.120. The third-order valence-electron chi connectivity index (χ3n) is 2.66. The standard InChI is InChI=1S/C15H11BrCl2N2O/c16-11-6-4-10(5-7-11)8-15(21)20-19-9-12-13(17)2-1-3-14(12)18/h1-7,9H,8H2,(H,20,21)/b19-9+. The fourth-order valence-electron chi connectivity index (χ4n) is 1.63. The summed E-state index contributed by atoms with van der Waals surface area (Å²) in [5, 5.41) is 4.83. The molecule has 0 fully saturated rings. The maximum Gasteiger partial charge on any atom is 0.244 e. The number of benzene rings is 2. The number of carbonyl (C=O) groups excluding carboxylic acids is 1. The average Bonchev–Trinajstić information content (AvgIpc) is 2.45. The average molecular weight is 386 g/mol. The van der Waals surface area contributed by atoms with Crippen molar-refractivity contribution in [3.63, 3.8) is 0 Å². The lowest BCUT2D eigenvalue weighted by Gasteiger charge is -2.02. The van der Waals surface area contributed by atoms with Gasteiger partial charge in [0.15, 0.2) is 0 Å². The highest BCUT2D eigenvalue weighted by atomic mass is 79.9. The van der Waals surface area contributed by atoms with E-state index in [0.29, 0.717) is 15.6 Å². The van der Waals surface area contributed by atoms with Crippen LogP contribution in [0.3, 0.4) is 0 Å². The van der Waals surface area contributed by atoms with Crippen molar-refractivity contribution in [3.05, 3.63) is 68.1 Å². The van der Waals surface area contributed by atoms with Gasteiger partial charge in [-0.25, -0.2) is 5.43 Å². The number of hydrogen-bond acceptors (Lipinski definition) is 2. The zero-order valence-corrected chi connectivity index (χ0v) is 13.9. The van der Waals surface area contributed by atoms with Gasteiger partial charge in [-0.2, -0.15) is 5.10 Å². The molecule has 0 heterocycles. The van der Waals surface area contributed by atoms with E-state index in [2.05, 4.69) is 26.5 Å². The van der Waals surface area contributed by atoms with Crippen molar-refractivity contribution in [2.24, 2.45) is 5.10 Å². The van der Waals surface area contributed by atoms with Crippen LogP contribution in [-0.2, 0) is 11.2 Å².